The number of para-hydroxylation sites is 3. The van der Waals surface area contributed by atoms with Crippen molar-refractivity contribution < 1.29 is 4.42 Å². The van der Waals surface area contributed by atoms with E-state index in [1.54, 1.807) is 0 Å². The monoisotopic (exact) mass is 637 g/mol. The van der Waals surface area contributed by atoms with E-state index in [2.05, 4.69) is 187 Å². The molecule has 0 aliphatic heterocycles. The fraction of sp³-hybridized carbons (Fsp3) is 0. The van der Waals surface area contributed by atoms with E-state index in [4.69, 9.17) is 4.42 Å². The third-order valence-electron chi connectivity index (χ3n) is 10.0. The summed E-state index contributed by atoms with van der Waals surface area (Å²) in [5.74, 6) is 0. The van der Waals surface area contributed by atoms with Gasteiger partial charge in [0, 0.05) is 22.3 Å². The number of hydrogen-bond donors (Lipinski definition) is 0. The second kappa shape index (κ2) is 11.5. The minimum atomic E-state index is 0.870. The Bertz CT molecular complexity index is 2780. The summed E-state index contributed by atoms with van der Waals surface area (Å²) < 4.78 is 6.45. The molecule has 0 saturated heterocycles. The van der Waals surface area contributed by atoms with Crippen molar-refractivity contribution in [1.29, 1.82) is 0 Å². The normalized spacial score (nSPS) is 11.6. The van der Waals surface area contributed by atoms with Crippen LogP contribution in [0, 0.1) is 0 Å². The van der Waals surface area contributed by atoms with Crippen LogP contribution in [0.15, 0.2) is 192 Å². The minimum Gasteiger partial charge on any atom is -0.456 e. The number of benzene rings is 9. The molecule has 10 aromatic rings. The Labute approximate surface area is 290 Å². The number of fused-ring (bicyclic) bond motifs is 9. The second-order valence-corrected chi connectivity index (χ2v) is 12.9. The number of hydrogen-bond acceptors (Lipinski definition) is 2. The Balaban J connectivity index is 1.17. The van der Waals surface area contributed by atoms with Gasteiger partial charge in [0.25, 0.3) is 0 Å². The molecule has 0 amide bonds. The maximum atomic E-state index is 6.45. The number of furan rings is 1. The van der Waals surface area contributed by atoms with Crippen molar-refractivity contribution in [3.05, 3.63) is 188 Å². The van der Waals surface area contributed by atoms with Crippen LogP contribution in [-0.2, 0) is 0 Å². The van der Waals surface area contributed by atoms with Gasteiger partial charge >= 0.3 is 0 Å². The molecule has 0 saturated carbocycles. The van der Waals surface area contributed by atoms with Crippen molar-refractivity contribution >= 4 is 71.3 Å². The first kappa shape index (κ1) is 28.4. The maximum Gasteiger partial charge on any atom is 0.137 e. The van der Waals surface area contributed by atoms with Crippen LogP contribution in [-0.4, -0.2) is 0 Å². The van der Waals surface area contributed by atoms with Crippen LogP contribution in [0.3, 0.4) is 0 Å². The molecule has 0 unspecified atom stereocenters. The lowest BCUT2D eigenvalue weighted by Crippen LogP contribution is -2.11. The average Bonchev–Trinajstić information content (AvgIpc) is 3.58. The zero-order chi connectivity index (χ0) is 33.0. The van der Waals surface area contributed by atoms with Gasteiger partial charge in [-0.1, -0.05) is 140 Å². The lowest BCUT2D eigenvalue weighted by molar-refractivity contribution is 0.669. The highest BCUT2D eigenvalue weighted by Gasteiger charge is 2.23. The van der Waals surface area contributed by atoms with Crippen molar-refractivity contribution in [2.45, 2.75) is 0 Å². The van der Waals surface area contributed by atoms with E-state index in [9.17, 15) is 0 Å². The molecule has 234 valence electrons. The molecule has 0 spiro atoms. The summed E-state index contributed by atoms with van der Waals surface area (Å²) in [4.78, 5) is 2.37. The van der Waals surface area contributed by atoms with Gasteiger partial charge < -0.3 is 9.32 Å². The number of anilines is 3. The number of rotatable bonds is 5. The molecule has 2 heteroatoms. The Morgan fingerprint density at radius 3 is 1.42 bits per heavy atom. The largest absolute Gasteiger partial charge is 0.456 e. The molecule has 50 heavy (non-hydrogen) atoms. The third kappa shape index (κ3) is 4.50. The average molecular weight is 638 g/mol. The van der Waals surface area contributed by atoms with Gasteiger partial charge in [-0.25, -0.2) is 0 Å². The molecule has 0 bridgehead atoms. The molecule has 0 N–H and O–H groups in total. The lowest BCUT2D eigenvalue weighted by atomic mass is 9.91. The molecule has 0 fully saturated rings. The Morgan fingerprint density at radius 1 is 0.320 bits per heavy atom. The lowest BCUT2D eigenvalue weighted by Gasteiger charge is -2.28. The Morgan fingerprint density at radius 2 is 0.800 bits per heavy atom. The fourth-order valence-electron chi connectivity index (χ4n) is 7.75. The van der Waals surface area contributed by atoms with Crippen LogP contribution in [0.1, 0.15) is 0 Å². The van der Waals surface area contributed by atoms with E-state index in [0.29, 0.717) is 0 Å². The minimum absolute atomic E-state index is 0.870. The Hall–Kier alpha value is -6.64. The molecule has 0 atom stereocenters. The van der Waals surface area contributed by atoms with E-state index < -0.39 is 0 Å². The highest BCUT2D eigenvalue weighted by Crippen LogP contribution is 2.48. The molecule has 1 heterocycles. The maximum absolute atomic E-state index is 6.45. The SMILES string of the molecule is c1ccc(N(c2ccccc2)c2c(-c3ccc(-c4ccc5c6ccccc6c6ccccc6c5c4)cc3)ccc3oc4ccccc4c23)cc1. The molecule has 0 aliphatic rings. The van der Waals surface area contributed by atoms with Gasteiger partial charge in [0.2, 0.25) is 0 Å². The van der Waals surface area contributed by atoms with Crippen LogP contribution < -0.4 is 4.90 Å². The topological polar surface area (TPSA) is 16.4 Å². The van der Waals surface area contributed by atoms with Crippen molar-refractivity contribution in [3.63, 3.8) is 0 Å². The number of nitrogens with zero attached hydrogens (tertiary/aromatic N) is 1. The first-order chi connectivity index (χ1) is 24.8. The van der Waals surface area contributed by atoms with Crippen molar-refractivity contribution in [2.75, 3.05) is 4.90 Å². The quantitative estimate of drug-likeness (QED) is 0.175. The standard InChI is InChI=1S/C48H31NO/c1-3-13-35(14-4-1)49(36-15-5-2-6-16-36)48-37(29-30-46-47(48)43-21-11-12-22-45(43)50-46)33-25-23-32(24-26-33)34-27-28-42-40-19-8-7-17-38(40)39-18-9-10-20-41(39)44(42)31-34/h1-31H. The smallest absolute Gasteiger partial charge is 0.137 e. The van der Waals surface area contributed by atoms with Gasteiger partial charge in [0.1, 0.15) is 11.2 Å². The molecule has 1 aromatic heterocycles. The van der Waals surface area contributed by atoms with E-state index in [-0.39, 0.29) is 0 Å². The zero-order valence-electron chi connectivity index (χ0n) is 27.3. The molecular weight excluding hydrogens is 607 g/mol. The van der Waals surface area contributed by atoms with E-state index in [1.165, 1.54) is 43.4 Å². The van der Waals surface area contributed by atoms with Gasteiger partial charge in [-0.2, -0.15) is 0 Å². The highest BCUT2D eigenvalue weighted by molar-refractivity contribution is 6.25. The van der Waals surface area contributed by atoms with Crippen LogP contribution in [0.4, 0.5) is 17.1 Å². The van der Waals surface area contributed by atoms with Crippen LogP contribution in [0.2, 0.25) is 0 Å². The summed E-state index contributed by atoms with van der Waals surface area (Å²) in [6.07, 6.45) is 0. The van der Waals surface area contributed by atoms with Crippen LogP contribution >= 0.6 is 0 Å². The fourth-order valence-corrected chi connectivity index (χ4v) is 7.75. The van der Waals surface area contributed by atoms with Gasteiger partial charge in [0.15, 0.2) is 0 Å². The zero-order valence-corrected chi connectivity index (χ0v) is 27.3. The predicted molar refractivity (Wildman–Crippen MR) is 212 cm³/mol. The molecule has 10 rings (SSSR count). The second-order valence-electron chi connectivity index (χ2n) is 12.9. The highest BCUT2D eigenvalue weighted by atomic mass is 16.3. The molecule has 2 nitrogen and oxygen atoms in total. The van der Waals surface area contributed by atoms with Crippen LogP contribution in [0.25, 0.3) is 76.5 Å². The summed E-state index contributed by atoms with van der Waals surface area (Å²) >= 11 is 0. The predicted octanol–water partition coefficient (Wildman–Crippen LogP) is 13.8. The summed E-state index contributed by atoms with van der Waals surface area (Å²) in [6.45, 7) is 0. The van der Waals surface area contributed by atoms with Crippen molar-refractivity contribution in [2.24, 2.45) is 0 Å². The van der Waals surface area contributed by atoms with E-state index in [1.807, 2.05) is 6.07 Å². The van der Waals surface area contributed by atoms with Crippen molar-refractivity contribution in [1.82, 2.24) is 0 Å². The first-order valence-electron chi connectivity index (χ1n) is 17.1. The molecular formula is C48H31NO. The first-order valence-corrected chi connectivity index (χ1v) is 17.1. The summed E-state index contributed by atoms with van der Waals surface area (Å²) in [5.41, 5.74) is 9.70. The summed E-state index contributed by atoms with van der Waals surface area (Å²) in [6, 6.07) is 67.4. The van der Waals surface area contributed by atoms with E-state index in [0.717, 1.165) is 50.1 Å². The van der Waals surface area contributed by atoms with Gasteiger partial charge in [0.05, 0.1) is 11.1 Å². The Kier molecular flexibility index (Phi) is 6.53. The molecule has 0 aliphatic carbocycles. The van der Waals surface area contributed by atoms with Gasteiger partial charge in [-0.15, -0.1) is 0 Å². The third-order valence-corrected chi connectivity index (χ3v) is 10.0. The summed E-state index contributed by atoms with van der Waals surface area (Å²) in [5, 5.41) is 9.93. The van der Waals surface area contributed by atoms with Crippen molar-refractivity contribution in [3.8, 4) is 22.3 Å². The molecule has 9 aromatic carbocycles. The van der Waals surface area contributed by atoms with E-state index >= 15 is 0 Å². The van der Waals surface area contributed by atoms with Crippen LogP contribution in [0.5, 0.6) is 0 Å². The molecule has 0 radical (unpaired) electrons. The summed E-state index contributed by atoms with van der Waals surface area (Å²) in [7, 11) is 0. The van der Waals surface area contributed by atoms with Gasteiger partial charge in [-0.3, -0.25) is 0 Å². The van der Waals surface area contributed by atoms with Gasteiger partial charge in [-0.05, 0) is 97.5 Å².